The van der Waals surface area contributed by atoms with Crippen LogP contribution >= 0.6 is 11.6 Å². The lowest BCUT2D eigenvalue weighted by Gasteiger charge is -2.41. The molecular weight excluding hydrogens is 386 g/mol. The first-order valence-electron chi connectivity index (χ1n) is 8.87. The maximum Gasteiger partial charge on any atom is 0.274 e. The lowest BCUT2D eigenvalue weighted by molar-refractivity contribution is -0.0814. The van der Waals surface area contributed by atoms with Crippen molar-refractivity contribution in [1.29, 1.82) is 0 Å². The van der Waals surface area contributed by atoms with Crippen molar-refractivity contribution >= 4 is 17.5 Å². The van der Waals surface area contributed by atoms with E-state index in [0.717, 1.165) is 5.56 Å². The zero-order valence-electron chi connectivity index (χ0n) is 16.3. The summed E-state index contributed by atoms with van der Waals surface area (Å²) in [5.74, 6) is 0.838. The van der Waals surface area contributed by atoms with Crippen LogP contribution in [0.15, 0.2) is 18.2 Å². The number of nitrogens with zero attached hydrogens (tertiary/aromatic N) is 3. The summed E-state index contributed by atoms with van der Waals surface area (Å²) in [7, 11) is 4.78. The molecule has 1 aliphatic heterocycles. The number of aromatic nitrogens is 2. The Morgan fingerprint density at radius 2 is 2.07 bits per heavy atom. The van der Waals surface area contributed by atoms with Gasteiger partial charge in [0.05, 0.1) is 44.2 Å². The summed E-state index contributed by atoms with van der Waals surface area (Å²) in [6, 6.07) is 4.87. The Labute approximate surface area is 168 Å². The molecule has 1 aliphatic rings. The first-order valence-corrected chi connectivity index (χ1v) is 9.25. The Hall–Kier alpha value is -2.29. The van der Waals surface area contributed by atoms with Gasteiger partial charge in [-0.15, -0.1) is 0 Å². The van der Waals surface area contributed by atoms with E-state index in [-0.39, 0.29) is 12.5 Å². The van der Waals surface area contributed by atoms with Crippen molar-refractivity contribution in [3.05, 3.63) is 40.2 Å². The maximum atomic E-state index is 13.4. The number of carbonyl (C=O) groups excluding carboxylic acids is 1. The van der Waals surface area contributed by atoms with Gasteiger partial charge in [-0.05, 0) is 24.6 Å². The molecule has 1 aromatic heterocycles. The van der Waals surface area contributed by atoms with Crippen LogP contribution in [0, 0.1) is 6.92 Å². The molecule has 0 radical (unpaired) electrons. The molecule has 0 unspecified atom stereocenters. The number of morpholine rings is 1. The number of hydrogen-bond acceptors (Lipinski definition) is 6. The number of aliphatic hydroxyl groups excluding tert-OH is 1. The summed E-state index contributed by atoms with van der Waals surface area (Å²) in [6.45, 7) is 2.19. The number of ether oxygens (including phenoxy) is 3. The van der Waals surface area contributed by atoms with Crippen LogP contribution in [0.25, 0.3) is 0 Å². The highest BCUT2D eigenvalue weighted by Gasteiger charge is 2.38. The molecule has 2 atom stereocenters. The topological polar surface area (TPSA) is 86.0 Å². The van der Waals surface area contributed by atoms with Gasteiger partial charge in [0.25, 0.3) is 5.91 Å². The number of halogens is 1. The van der Waals surface area contributed by atoms with Gasteiger partial charge in [-0.2, -0.15) is 5.10 Å². The molecule has 1 amide bonds. The normalized spacial score (nSPS) is 19.6. The molecule has 0 aliphatic carbocycles. The van der Waals surface area contributed by atoms with E-state index < -0.39 is 12.1 Å². The minimum absolute atomic E-state index is 0.235. The van der Waals surface area contributed by atoms with Gasteiger partial charge in [0, 0.05) is 13.6 Å². The van der Waals surface area contributed by atoms with Gasteiger partial charge in [0.1, 0.15) is 11.8 Å². The molecule has 0 bridgehead atoms. The molecule has 2 heterocycles. The molecule has 2 aromatic rings. The zero-order valence-corrected chi connectivity index (χ0v) is 17.1. The number of methoxy groups -OCH3 is 2. The molecule has 3 rings (SSSR count). The van der Waals surface area contributed by atoms with Crippen LogP contribution in [0.3, 0.4) is 0 Å². The van der Waals surface area contributed by atoms with E-state index in [1.165, 1.54) is 4.68 Å². The molecule has 1 saturated heterocycles. The number of rotatable bonds is 5. The third kappa shape index (κ3) is 3.55. The first kappa shape index (κ1) is 20.4. The molecule has 1 fully saturated rings. The van der Waals surface area contributed by atoms with Crippen molar-refractivity contribution in [1.82, 2.24) is 14.7 Å². The van der Waals surface area contributed by atoms with Crippen molar-refractivity contribution in [2.75, 3.05) is 34.0 Å². The minimum Gasteiger partial charge on any atom is -0.493 e. The van der Waals surface area contributed by atoms with E-state index in [0.29, 0.717) is 41.1 Å². The van der Waals surface area contributed by atoms with Crippen LogP contribution in [0.2, 0.25) is 5.02 Å². The summed E-state index contributed by atoms with van der Waals surface area (Å²) < 4.78 is 17.9. The fourth-order valence-electron chi connectivity index (χ4n) is 3.55. The van der Waals surface area contributed by atoms with Gasteiger partial charge < -0.3 is 24.2 Å². The quantitative estimate of drug-likeness (QED) is 0.812. The molecule has 152 valence electrons. The van der Waals surface area contributed by atoms with Gasteiger partial charge >= 0.3 is 0 Å². The third-order valence-corrected chi connectivity index (χ3v) is 5.35. The lowest BCUT2D eigenvalue weighted by atomic mass is 9.97. The first-order chi connectivity index (χ1) is 13.4. The van der Waals surface area contributed by atoms with E-state index >= 15 is 0 Å². The Morgan fingerprint density at radius 1 is 1.36 bits per heavy atom. The second-order valence-electron chi connectivity index (χ2n) is 6.52. The van der Waals surface area contributed by atoms with E-state index in [1.807, 2.05) is 6.07 Å². The lowest BCUT2D eigenvalue weighted by Crippen LogP contribution is -2.49. The summed E-state index contributed by atoms with van der Waals surface area (Å²) in [6.07, 6.45) is -0.580. The number of benzene rings is 1. The SMILES string of the molecule is COc1ccc([C@@H]2[C@@H](CO)OCCN2C(=O)c2c(Cl)c(C)nn2C)cc1OC. The van der Waals surface area contributed by atoms with Gasteiger partial charge in [-0.1, -0.05) is 17.7 Å². The highest BCUT2D eigenvalue weighted by Crippen LogP contribution is 2.37. The van der Waals surface area contributed by atoms with Crippen molar-refractivity contribution < 1.29 is 24.1 Å². The molecule has 8 nitrogen and oxygen atoms in total. The van der Waals surface area contributed by atoms with E-state index in [1.54, 1.807) is 45.2 Å². The molecular formula is C19H24ClN3O5. The number of aryl methyl sites for hydroxylation is 2. The Bertz CT molecular complexity index is 869. The molecule has 1 aromatic carbocycles. The van der Waals surface area contributed by atoms with Crippen LogP contribution < -0.4 is 9.47 Å². The monoisotopic (exact) mass is 409 g/mol. The summed E-state index contributed by atoms with van der Waals surface area (Å²) in [5.41, 5.74) is 1.66. The van der Waals surface area contributed by atoms with Gasteiger partial charge in [-0.3, -0.25) is 9.48 Å². The predicted octanol–water partition coefficient (Wildman–Crippen LogP) is 1.97. The maximum absolute atomic E-state index is 13.4. The number of aliphatic hydroxyl groups is 1. The standard InChI is InChI=1S/C19H24ClN3O5/c1-11-16(20)18(22(2)21-11)19(25)23-7-8-28-15(10-24)17(23)12-5-6-13(26-3)14(9-12)27-4/h5-6,9,15,17,24H,7-8,10H2,1-4H3/t15-,17-/m1/s1. The molecule has 0 saturated carbocycles. The van der Waals surface area contributed by atoms with E-state index in [2.05, 4.69) is 5.10 Å². The van der Waals surface area contributed by atoms with Crippen molar-refractivity contribution in [2.45, 2.75) is 19.1 Å². The van der Waals surface area contributed by atoms with Gasteiger partial charge in [-0.25, -0.2) is 0 Å². The predicted molar refractivity (Wildman–Crippen MR) is 103 cm³/mol. The highest BCUT2D eigenvalue weighted by molar-refractivity contribution is 6.34. The van der Waals surface area contributed by atoms with Crippen LogP contribution in [0.5, 0.6) is 11.5 Å². The molecule has 9 heteroatoms. The number of carbonyl (C=O) groups is 1. The largest absolute Gasteiger partial charge is 0.493 e. The zero-order chi connectivity index (χ0) is 20.4. The summed E-state index contributed by atoms with van der Waals surface area (Å²) in [5, 5.41) is 14.4. The average Bonchev–Trinajstić information content (AvgIpc) is 2.97. The highest BCUT2D eigenvalue weighted by atomic mass is 35.5. The fraction of sp³-hybridized carbons (Fsp3) is 0.474. The Kier molecular flexibility index (Phi) is 6.12. The van der Waals surface area contributed by atoms with Crippen molar-refractivity contribution in [2.24, 2.45) is 7.05 Å². The summed E-state index contributed by atoms with van der Waals surface area (Å²) >= 11 is 6.33. The second kappa shape index (κ2) is 8.38. The minimum atomic E-state index is -0.580. The van der Waals surface area contributed by atoms with Crippen LogP contribution in [0.1, 0.15) is 27.8 Å². The van der Waals surface area contributed by atoms with Crippen LogP contribution in [0.4, 0.5) is 0 Å². The van der Waals surface area contributed by atoms with Crippen molar-refractivity contribution in [3.8, 4) is 11.5 Å². The third-order valence-electron chi connectivity index (χ3n) is 4.89. The van der Waals surface area contributed by atoms with E-state index in [4.69, 9.17) is 25.8 Å². The Morgan fingerprint density at radius 3 is 2.64 bits per heavy atom. The van der Waals surface area contributed by atoms with Gasteiger partial charge in [0.2, 0.25) is 0 Å². The molecule has 1 N–H and O–H groups in total. The van der Waals surface area contributed by atoms with Gasteiger partial charge in [0.15, 0.2) is 11.5 Å². The molecule has 28 heavy (non-hydrogen) atoms. The van der Waals surface area contributed by atoms with Crippen LogP contribution in [-0.4, -0.2) is 65.8 Å². The molecule has 0 spiro atoms. The van der Waals surface area contributed by atoms with Crippen molar-refractivity contribution in [3.63, 3.8) is 0 Å². The smallest absolute Gasteiger partial charge is 0.274 e. The van der Waals surface area contributed by atoms with Crippen LogP contribution in [-0.2, 0) is 11.8 Å². The van der Waals surface area contributed by atoms with E-state index in [9.17, 15) is 9.90 Å². The average molecular weight is 410 g/mol. The number of amides is 1. The Balaban J connectivity index is 2.05. The fourth-order valence-corrected chi connectivity index (χ4v) is 3.79. The summed E-state index contributed by atoms with van der Waals surface area (Å²) in [4.78, 5) is 15.0. The number of hydrogen-bond donors (Lipinski definition) is 1. The second-order valence-corrected chi connectivity index (χ2v) is 6.90.